The number of aliphatic carboxylic acids is 1. The van der Waals surface area contributed by atoms with Gasteiger partial charge in [0, 0.05) is 6.42 Å². The van der Waals surface area contributed by atoms with Gasteiger partial charge in [-0.1, -0.05) is 97.1 Å². The van der Waals surface area contributed by atoms with Gasteiger partial charge in [-0.05, 0) is 68.0 Å². The van der Waals surface area contributed by atoms with Crippen LogP contribution in [0.15, 0.2) is 97.1 Å². The van der Waals surface area contributed by atoms with Crippen LogP contribution < -0.4 is 20.1 Å². The molecule has 3 N–H and O–H groups in total. The van der Waals surface area contributed by atoms with Crippen molar-refractivity contribution >= 4 is 23.8 Å². The highest BCUT2D eigenvalue weighted by atomic mass is 16.5. The number of carbonyl (C=O) groups is 4. The fourth-order valence-corrected chi connectivity index (χ4v) is 4.74. The Morgan fingerprint density at radius 2 is 1.08 bits per heavy atom. The second kappa shape index (κ2) is 19.2. The van der Waals surface area contributed by atoms with Crippen LogP contribution in [0.2, 0.25) is 0 Å². The molecule has 0 aliphatic heterocycles. The molecule has 0 heterocycles. The third kappa shape index (κ3) is 12.8. The fourth-order valence-electron chi connectivity index (χ4n) is 4.74. The SMILES string of the molecule is C[C@H](NC(=O)[C@H](Cc1ccccc1)NC(=O)OCc1ccccc1)C(=O)O.Cc1cccc(C)c1OCC(=O)COc1c(C)cccc1C. The van der Waals surface area contributed by atoms with Crippen LogP contribution in [0.5, 0.6) is 11.5 Å². The predicted octanol–water partition coefficient (Wildman–Crippen LogP) is 6.06. The fraction of sp³-hybridized carbons (Fsp3) is 0.282. The number of para-hydroxylation sites is 2. The first-order valence-corrected chi connectivity index (χ1v) is 15.9. The van der Waals surface area contributed by atoms with Crippen molar-refractivity contribution < 1.29 is 38.5 Å². The summed E-state index contributed by atoms with van der Waals surface area (Å²) in [6.45, 7) is 9.36. The summed E-state index contributed by atoms with van der Waals surface area (Å²) in [6, 6.07) is 28.1. The number of alkyl carbamates (subject to hydrolysis) is 1. The molecule has 2 atom stereocenters. The van der Waals surface area contributed by atoms with Crippen molar-refractivity contribution in [2.24, 2.45) is 0 Å². The van der Waals surface area contributed by atoms with E-state index in [1.54, 1.807) is 0 Å². The van der Waals surface area contributed by atoms with Gasteiger partial charge in [0.05, 0.1) is 0 Å². The van der Waals surface area contributed by atoms with Crippen LogP contribution in [0.3, 0.4) is 0 Å². The number of carboxylic acids is 1. The number of carboxylic acid groups (broad SMARTS) is 1. The van der Waals surface area contributed by atoms with E-state index in [2.05, 4.69) is 10.6 Å². The Kier molecular flexibility index (Phi) is 14.9. The number of rotatable bonds is 14. The summed E-state index contributed by atoms with van der Waals surface area (Å²) in [7, 11) is 0. The second-order valence-electron chi connectivity index (χ2n) is 11.6. The number of hydrogen-bond donors (Lipinski definition) is 3. The molecule has 0 spiro atoms. The molecule has 0 radical (unpaired) electrons. The molecule has 10 nitrogen and oxygen atoms in total. The number of carbonyl (C=O) groups excluding carboxylic acids is 3. The van der Waals surface area contributed by atoms with E-state index in [1.807, 2.05) is 125 Å². The predicted molar refractivity (Wildman–Crippen MR) is 187 cm³/mol. The molecular formula is C39H44N2O8. The summed E-state index contributed by atoms with van der Waals surface area (Å²) in [5.41, 5.74) is 5.76. The summed E-state index contributed by atoms with van der Waals surface area (Å²) in [6.07, 6.45) is -0.544. The average Bonchev–Trinajstić information content (AvgIpc) is 3.08. The van der Waals surface area contributed by atoms with E-state index < -0.39 is 30.1 Å². The van der Waals surface area contributed by atoms with E-state index in [0.717, 1.165) is 44.9 Å². The molecule has 0 bridgehead atoms. The maximum Gasteiger partial charge on any atom is 0.408 e. The smallest absolute Gasteiger partial charge is 0.408 e. The molecule has 49 heavy (non-hydrogen) atoms. The largest absolute Gasteiger partial charge is 0.485 e. The van der Waals surface area contributed by atoms with Crippen molar-refractivity contribution in [2.45, 2.75) is 59.7 Å². The molecule has 0 unspecified atom stereocenters. The lowest BCUT2D eigenvalue weighted by molar-refractivity contribution is -0.141. The maximum atomic E-state index is 12.4. The zero-order chi connectivity index (χ0) is 35.8. The van der Waals surface area contributed by atoms with E-state index >= 15 is 0 Å². The lowest BCUT2D eigenvalue weighted by atomic mass is 10.1. The summed E-state index contributed by atoms with van der Waals surface area (Å²) >= 11 is 0. The molecule has 0 saturated carbocycles. The molecule has 258 valence electrons. The van der Waals surface area contributed by atoms with Crippen LogP contribution in [0.4, 0.5) is 4.79 Å². The van der Waals surface area contributed by atoms with E-state index in [-0.39, 0.29) is 32.0 Å². The van der Waals surface area contributed by atoms with E-state index in [0.29, 0.717) is 0 Å². The first-order valence-electron chi connectivity index (χ1n) is 15.9. The Morgan fingerprint density at radius 3 is 1.53 bits per heavy atom. The van der Waals surface area contributed by atoms with Crippen LogP contribution in [0.25, 0.3) is 0 Å². The first kappa shape index (κ1) is 37.8. The number of hydrogen-bond acceptors (Lipinski definition) is 7. The number of amides is 2. The van der Waals surface area contributed by atoms with Gasteiger partial charge in [0.25, 0.3) is 0 Å². The third-order valence-corrected chi connectivity index (χ3v) is 7.41. The minimum Gasteiger partial charge on any atom is -0.485 e. The highest BCUT2D eigenvalue weighted by molar-refractivity contribution is 5.89. The van der Waals surface area contributed by atoms with Gasteiger partial charge in [-0.2, -0.15) is 0 Å². The number of benzene rings is 4. The van der Waals surface area contributed by atoms with Gasteiger partial charge in [0.2, 0.25) is 11.7 Å². The molecule has 0 aliphatic carbocycles. The third-order valence-electron chi connectivity index (χ3n) is 7.41. The number of aryl methyl sites for hydroxylation is 4. The zero-order valence-electron chi connectivity index (χ0n) is 28.5. The molecule has 0 aliphatic rings. The molecule has 4 aromatic carbocycles. The summed E-state index contributed by atoms with van der Waals surface area (Å²) in [5, 5.41) is 13.9. The summed E-state index contributed by atoms with van der Waals surface area (Å²) in [5.74, 6) is -0.268. The molecule has 0 aromatic heterocycles. The maximum absolute atomic E-state index is 12.4. The van der Waals surface area contributed by atoms with Crippen LogP contribution in [-0.2, 0) is 32.1 Å². The quantitative estimate of drug-likeness (QED) is 0.147. The summed E-state index contributed by atoms with van der Waals surface area (Å²) in [4.78, 5) is 47.5. The lowest BCUT2D eigenvalue weighted by Gasteiger charge is -2.20. The number of nitrogens with one attached hydrogen (secondary N) is 2. The number of ether oxygens (including phenoxy) is 3. The zero-order valence-corrected chi connectivity index (χ0v) is 28.5. The molecule has 2 amide bonds. The Morgan fingerprint density at radius 1 is 0.633 bits per heavy atom. The Labute approximate surface area is 287 Å². The molecule has 4 aromatic rings. The first-order chi connectivity index (χ1) is 23.4. The highest BCUT2D eigenvalue weighted by Crippen LogP contribution is 2.23. The van der Waals surface area contributed by atoms with Crippen molar-refractivity contribution in [3.63, 3.8) is 0 Å². The van der Waals surface area contributed by atoms with Gasteiger partial charge in [-0.15, -0.1) is 0 Å². The highest BCUT2D eigenvalue weighted by Gasteiger charge is 2.25. The van der Waals surface area contributed by atoms with E-state index in [1.165, 1.54) is 6.92 Å². The Balaban J connectivity index is 0.000000271. The van der Waals surface area contributed by atoms with Crippen molar-refractivity contribution in [1.29, 1.82) is 0 Å². The molecule has 4 rings (SSSR count). The van der Waals surface area contributed by atoms with Gasteiger partial charge in [-0.3, -0.25) is 14.4 Å². The minimum absolute atomic E-state index is 0.0244. The van der Waals surface area contributed by atoms with Crippen molar-refractivity contribution in [1.82, 2.24) is 10.6 Å². The Hall–Kier alpha value is -5.64. The number of ketones is 1. The van der Waals surface area contributed by atoms with Gasteiger partial charge in [-0.25, -0.2) is 4.79 Å². The van der Waals surface area contributed by atoms with Crippen molar-refractivity contribution in [3.8, 4) is 11.5 Å². The molecular weight excluding hydrogens is 624 g/mol. The van der Waals surface area contributed by atoms with Gasteiger partial charge in [0.1, 0.15) is 30.2 Å². The van der Waals surface area contributed by atoms with E-state index in [9.17, 15) is 19.2 Å². The monoisotopic (exact) mass is 668 g/mol. The van der Waals surface area contributed by atoms with Crippen LogP contribution in [0.1, 0.15) is 40.3 Å². The normalized spacial score (nSPS) is 11.5. The lowest BCUT2D eigenvalue weighted by Crippen LogP contribution is -2.51. The topological polar surface area (TPSA) is 140 Å². The summed E-state index contributed by atoms with van der Waals surface area (Å²) < 4.78 is 16.4. The van der Waals surface area contributed by atoms with Crippen LogP contribution in [-0.4, -0.2) is 54.2 Å². The van der Waals surface area contributed by atoms with E-state index in [4.69, 9.17) is 19.3 Å². The van der Waals surface area contributed by atoms with Gasteiger partial charge < -0.3 is 30.0 Å². The molecule has 0 fully saturated rings. The number of Topliss-reactive ketones (excluding diaryl/α,β-unsaturated/α-hetero) is 1. The van der Waals surface area contributed by atoms with Crippen LogP contribution >= 0.6 is 0 Å². The van der Waals surface area contributed by atoms with Crippen LogP contribution in [0, 0.1) is 27.7 Å². The van der Waals surface area contributed by atoms with Gasteiger partial charge >= 0.3 is 12.1 Å². The standard InChI is InChI=1S/C20H22N2O5.C19H22O3/c1-14(19(24)25)21-18(23)17(12-15-8-4-2-5-9-15)22-20(26)27-13-16-10-6-3-7-11-16;1-13-7-5-8-14(2)18(13)21-11-17(20)12-22-19-15(3)9-6-10-16(19)4/h2-11,14,17H,12-13H2,1H3,(H,21,23)(H,22,26)(H,24,25);5-10H,11-12H2,1-4H3/t14-,17-;/m0./s1. The Bertz CT molecular complexity index is 1590. The molecule has 0 saturated heterocycles. The van der Waals surface area contributed by atoms with Gasteiger partial charge in [0.15, 0.2) is 13.2 Å². The van der Waals surface area contributed by atoms with Crippen molar-refractivity contribution in [3.05, 3.63) is 130 Å². The minimum atomic E-state index is -1.16. The average molecular weight is 669 g/mol. The second-order valence-corrected chi connectivity index (χ2v) is 11.6. The molecule has 10 heteroatoms. The van der Waals surface area contributed by atoms with Crippen molar-refractivity contribution in [2.75, 3.05) is 13.2 Å².